The van der Waals surface area contributed by atoms with Crippen molar-refractivity contribution < 1.29 is 9.18 Å². The summed E-state index contributed by atoms with van der Waals surface area (Å²) in [5, 5.41) is 11.1. The maximum Gasteiger partial charge on any atom is 0.250 e. The lowest BCUT2D eigenvalue weighted by molar-refractivity contribution is -0.116. The number of anilines is 2. The van der Waals surface area contributed by atoms with E-state index in [1.54, 1.807) is 24.3 Å². The number of hydrogen-bond acceptors (Lipinski definition) is 4. The molecule has 1 aliphatic heterocycles. The highest BCUT2D eigenvalue weighted by Crippen LogP contribution is 2.37. The first-order valence-electron chi connectivity index (χ1n) is 9.41. The monoisotopic (exact) mass is 445 g/mol. The minimum Gasteiger partial charge on any atom is -0.324 e. The van der Waals surface area contributed by atoms with E-state index >= 15 is 0 Å². The van der Waals surface area contributed by atoms with Crippen molar-refractivity contribution in [3.05, 3.63) is 75.5 Å². The molecule has 154 valence electrons. The van der Waals surface area contributed by atoms with Crippen LogP contribution in [0.4, 0.5) is 16.3 Å². The number of carbonyl (C=O) groups excluding carboxylic acids is 1. The van der Waals surface area contributed by atoms with Crippen molar-refractivity contribution in [3.63, 3.8) is 0 Å². The van der Waals surface area contributed by atoms with Gasteiger partial charge in [-0.05, 0) is 42.3 Å². The summed E-state index contributed by atoms with van der Waals surface area (Å²) in [6.07, 6.45) is 2.87. The number of rotatable bonds is 5. The van der Waals surface area contributed by atoms with Gasteiger partial charge in [-0.15, -0.1) is 5.10 Å². The van der Waals surface area contributed by atoms with Gasteiger partial charge in [0.15, 0.2) is 0 Å². The summed E-state index contributed by atoms with van der Waals surface area (Å²) < 4.78 is 16.3. The summed E-state index contributed by atoms with van der Waals surface area (Å²) in [4.78, 5) is 16.4. The van der Waals surface area contributed by atoms with E-state index in [9.17, 15) is 9.18 Å². The number of amides is 1. The second-order valence-corrected chi connectivity index (χ2v) is 7.64. The Labute approximate surface area is 182 Å². The second-order valence-electron chi connectivity index (χ2n) is 6.79. The van der Waals surface area contributed by atoms with E-state index in [2.05, 4.69) is 20.7 Å². The fourth-order valence-electron chi connectivity index (χ4n) is 3.26. The number of carbonyl (C=O) groups is 1. The maximum atomic E-state index is 14.7. The molecule has 1 aliphatic rings. The highest BCUT2D eigenvalue weighted by atomic mass is 35.5. The lowest BCUT2D eigenvalue weighted by Gasteiger charge is -2.25. The van der Waals surface area contributed by atoms with Crippen LogP contribution in [0.15, 0.2) is 48.5 Å². The van der Waals surface area contributed by atoms with Crippen LogP contribution in [0, 0.1) is 5.82 Å². The Morgan fingerprint density at radius 1 is 1.23 bits per heavy atom. The van der Waals surface area contributed by atoms with Crippen LogP contribution in [0.3, 0.4) is 0 Å². The van der Waals surface area contributed by atoms with Crippen molar-refractivity contribution in [2.45, 2.75) is 25.8 Å². The molecule has 0 spiro atoms. The predicted molar refractivity (Wildman–Crippen MR) is 116 cm³/mol. The lowest BCUT2D eigenvalue weighted by Crippen LogP contribution is -2.21. The van der Waals surface area contributed by atoms with Crippen LogP contribution in [0.2, 0.25) is 10.0 Å². The zero-order chi connectivity index (χ0) is 21.3. The number of allylic oxidation sites excluding steroid dienone is 1. The van der Waals surface area contributed by atoms with Gasteiger partial charge in [-0.25, -0.2) is 9.07 Å². The van der Waals surface area contributed by atoms with Crippen LogP contribution < -0.4 is 10.6 Å². The molecule has 0 saturated carbocycles. The number of aromatic nitrogens is 3. The Kier molecular flexibility index (Phi) is 5.74. The lowest BCUT2D eigenvalue weighted by atomic mass is 10.0. The van der Waals surface area contributed by atoms with Crippen LogP contribution in [-0.4, -0.2) is 20.7 Å². The highest BCUT2D eigenvalue weighted by Gasteiger charge is 2.29. The third-order valence-corrected chi connectivity index (χ3v) is 5.23. The molecule has 30 heavy (non-hydrogen) atoms. The molecule has 0 unspecified atom stereocenters. The van der Waals surface area contributed by atoms with E-state index in [0.717, 1.165) is 5.56 Å². The average Bonchev–Trinajstić information content (AvgIpc) is 3.10. The highest BCUT2D eigenvalue weighted by molar-refractivity contribution is 6.31. The summed E-state index contributed by atoms with van der Waals surface area (Å²) >= 11 is 12.3. The van der Waals surface area contributed by atoms with Gasteiger partial charge in [-0.2, -0.15) is 4.98 Å². The molecular formula is C21H18Cl2FN5O. The Hall–Kier alpha value is -2.90. The third kappa shape index (κ3) is 4.04. The van der Waals surface area contributed by atoms with Gasteiger partial charge in [0.1, 0.15) is 11.9 Å². The van der Waals surface area contributed by atoms with Gasteiger partial charge in [-0.1, -0.05) is 48.3 Å². The molecule has 2 heterocycles. The van der Waals surface area contributed by atoms with Gasteiger partial charge in [0.05, 0.1) is 0 Å². The van der Waals surface area contributed by atoms with E-state index in [0.29, 0.717) is 29.5 Å². The van der Waals surface area contributed by atoms with Gasteiger partial charge in [0.2, 0.25) is 11.9 Å². The van der Waals surface area contributed by atoms with E-state index in [-0.39, 0.29) is 22.4 Å². The molecule has 0 saturated heterocycles. The van der Waals surface area contributed by atoms with Crippen molar-refractivity contribution in [1.29, 1.82) is 0 Å². The molecule has 2 aromatic carbocycles. The third-order valence-electron chi connectivity index (χ3n) is 4.64. The molecule has 2 N–H and O–H groups in total. The van der Waals surface area contributed by atoms with Crippen molar-refractivity contribution in [1.82, 2.24) is 14.8 Å². The first-order chi connectivity index (χ1) is 14.5. The Morgan fingerprint density at radius 3 is 2.70 bits per heavy atom. The zero-order valence-corrected chi connectivity index (χ0v) is 17.5. The number of nitrogens with zero attached hydrogens (tertiary/aromatic N) is 3. The van der Waals surface area contributed by atoms with Crippen molar-refractivity contribution in [2.75, 3.05) is 10.6 Å². The molecule has 4 rings (SSSR count). The molecule has 6 nitrogen and oxygen atoms in total. The van der Waals surface area contributed by atoms with Crippen LogP contribution >= 0.6 is 23.2 Å². The van der Waals surface area contributed by atoms with Gasteiger partial charge >= 0.3 is 0 Å². The van der Waals surface area contributed by atoms with Gasteiger partial charge in [0.25, 0.3) is 5.95 Å². The number of fused-ring (bicyclic) bond motifs is 1. The van der Waals surface area contributed by atoms with E-state index in [1.165, 1.54) is 10.7 Å². The Morgan fingerprint density at radius 2 is 2.00 bits per heavy atom. The fourth-order valence-corrected chi connectivity index (χ4v) is 3.66. The first kappa shape index (κ1) is 20.4. The predicted octanol–water partition coefficient (Wildman–Crippen LogP) is 5.52. The van der Waals surface area contributed by atoms with Gasteiger partial charge in [0, 0.05) is 27.7 Å². The van der Waals surface area contributed by atoms with Gasteiger partial charge < -0.3 is 5.32 Å². The van der Waals surface area contributed by atoms with E-state index in [1.807, 2.05) is 25.1 Å². The molecule has 0 radical (unpaired) electrons. The van der Waals surface area contributed by atoms with Crippen LogP contribution in [0.1, 0.15) is 36.9 Å². The molecule has 0 fully saturated rings. The summed E-state index contributed by atoms with van der Waals surface area (Å²) in [6.45, 7) is 1.91. The summed E-state index contributed by atoms with van der Waals surface area (Å²) in [7, 11) is 0. The quantitative estimate of drug-likeness (QED) is 0.542. The number of benzene rings is 2. The van der Waals surface area contributed by atoms with Crippen LogP contribution in [0.25, 0.3) is 5.70 Å². The molecule has 1 atom stereocenters. The molecule has 0 aliphatic carbocycles. The van der Waals surface area contributed by atoms with Crippen molar-refractivity contribution in [2.24, 2.45) is 0 Å². The second kappa shape index (κ2) is 8.45. The zero-order valence-electron chi connectivity index (χ0n) is 16.0. The van der Waals surface area contributed by atoms with Crippen molar-refractivity contribution in [3.8, 4) is 0 Å². The fraction of sp³-hybridized carbons (Fsp3) is 0.190. The normalized spacial score (nSPS) is 15.2. The molecule has 9 heteroatoms. The number of nitrogens with one attached hydrogen (secondary N) is 2. The van der Waals surface area contributed by atoms with Crippen LogP contribution in [-0.2, 0) is 4.79 Å². The minimum absolute atomic E-state index is 0.138. The molecule has 3 aromatic rings. The largest absolute Gasteiger partial charge is 0.324 e. The average molecular weight is 446 g/mol. The standard InChI is InChI=1S/C21H18Cl2FN5O/c1-2-4-18(30)26-20-27-21-25-16(12-7-9-13(22)10-8-12)11-17(29(21)28-20)19-14(23)5-3-6-15(19)24/h3,5-11,17H,2,4H2,1H3,(H2,25,26,27,28,30)/t17-/m0/s1. The first-order valence-corrected chi connectivity index (χ1v) is 10.2. The Bertz CT molecular complexity index is 1110. The maximum absolute atomic E-state index is 14.7. The van der Waals surface area contributed by atoms with E-state index < -0.39 is 11.9 Å². The summed E-state index contributed by atoms with van der Waals surface area (Å²) in [6, 6.07) is 11.1. The van der Waals surface area contributed by atoms with Gasteiger partial charge in [-0.3, -0.25) is 10.1 Å². The number of halogens is 3. The summed E-state index contributed by atoms with van der Waals surface area (Å²) in [5.74, 6) is -0.149. The Balaban J connectivity index is 1.80. The summed E-state index contributed by atoms with van der Waals surface area (Å²) in [5.41, 5.74) is 1.80. The molecule has 0 bridgehead atoms. The molecule has 1 aromatic heterocycles. The SMILES string of the molecule is CCCC(=O)Nc1nc2n(n1)[C@H](c1c(F)cccc1Cl)C=C(c1ccc(Cl)cc1)N2. The molecular weight excluding hydrogens is 428 g/mol. The topological polar surface area (TPSA) is 71.8 Å². The number of hydrogen-bond donors (Lipinski definition) is 2. The minimum atomic E-state index is -0.662. The van der Waals surface area contributed by atoms with Crippen molar-refractivity contribution >= 4 is 46.7 Å². The van der Waals surface area contributed by atoms with Crippen LogP contribution in [0.5, 0.6) is 0 Å². The smallest absolute Gasteiger partial charge is 0.250 e. The molecule has 1 amide bonds. The van der Waals surface area contributed by atoms with E-state index in [4.69, 9.17) is 23.2 Å².